The van der Waals surface area contributed by atoms with Crippen LogP contribution in [0.2, 0.25) is 0 Å². The van der Waals surface area contributed by atoms with E-state index in [1.54, 1.807) is 6.92 Å². The van der Waals surface area contributed by atoms with Gasteiger partial charge in [-0.25, -0.2) is 8.42 Å². The number of rotatable bonds is 8. The summed E-state index contributed by atoms with van der Waals surface area (Å²) in [7, 11) is -3.84. The highest BCUT2D eigenvalue weighted by Crippen LogP contribution is 2.37. The molecule has 2 aromatic carbocycles. The Hall–Kier alpha value is -3.56. The van der Waals surface area contributed by atoms with Gasteiger partial charge < -0.3 is 10.1 Å². The molecule has 214 valence electrons. The van der Waals surface area contributed by atoms with Gasteiger partial charge in [0.1, 0.15) is 11.1 Å². The molecule has 0 bridgehead atoms. The number of esters is 1. The summed E-state index contributed by atoms with van der Waals surface area (Å²) < 4.78 is 32.9. The molecule has 0 spiro atoms. The summed E-state index contributed by atoms with van der Waals surface area (Å²) in [6, 6.07) is 18.3. The van der Waals surface area contributed by atoms with Crippen LogP contribution >= 0.6 is 11.3 Å². The summed E-state index contributed by atoms with van der Waals surface area (Å²) in [5.74, 6) is -1.28. The van der Waals surface area contributed by atoms with Crippen LogP contribution in [0.5, 0.6) is 0 Å². The molecule has 2 aliphatic heterocycles. The minimum atomic E-state index is -3.84. The number of nitrogens with one attached hydrogen (secondary N) is 1. The van der Waals surface area contributed by atoms with Crippen molar-refractivity contribution in [2.45, 2.75) is 44.2 Å². The lowest BCUT2D eigenvalue weighted by molar-refractivity contribution is -0.149. The van der Waals surface area contributed by atoms with E-state index in [4.69, 9.17) is 4.74 Å². The number of benzene rings is 2. The molecule has 1 aromatic heterocycles. The summed E-state index contributed by atoms with van der Waals surface area (Å²) in [6.07, 6.45) is 1.89. The number of carbonyl (C=O) groups excluding carboxylic acids is 2. The second-order valence-electron chi connectivity index (χ2n) is 10.2. The fourth-order valence-electron chi connectivity index (χ4n) is 5.36. The Kier molecular flexibility index (Phi) is 8.85. The van der Waals surface area contributed by atoms with E-state index in [9.17, 15) is 23.3 Å². The van der Waals surface area contributed by atoms with Crippen molar-refractivity contribution in [2.24, 2.45) is 5.92 Å². The standard InChI is InChI=1S/C30H32N4O5S2/c1-2-39-30(36)23-9-6-15-34(19-23)41(37,38)24-12-10-22(11-13-24)28(35)32-29-26(17-31)25-14-16-33(20-27(25)40-29)18-21-7-4-3-5-8-21/h3-5,7-8,10-13,23H,2,6,9,14-16,18-20H2,1H3,(H,32,35). The van der Waals surface area contributed by atoms with Crippen LogP contribution in [0.15, 0.2) is 59.5 Å². The summed E-state index contributed by atoms with van der Waals surface area (Å²) >= 11 is 1.42. The Morgan fingerprint density at radius 1 is 1.12 bits per heavy atom. The number of amides is 1. The van der Waals surface area contributed by atoms with Crippen LogP contribution in [0.4, 0.5) is 5.00 Å². The Balaban J connectivity index is 1.26. The van der Waals surface area contributed by atoms with Crippen molar-refractivity contribution in [2.75, 3.05) is 31.6 Å². The number of nitrogens with zero attached hydrogens (tertiary/aromatic N) is 3. The number of thiophene rings is 1. The number of ether oxygens (including phenoxy) is 1. The van der Waals surface area contributed by atoms with Gasteiger partial charge in [0, 0.05) is 43.2 Å². The third kappa shape index (κ3) is 6.36. The first kappa shape index (κ1) is 29.0. The third-order valence-corrected chi connectivity index (χ3v) is 10.5. The molecule has 9 nitrogen and oxygen atoms in total. The zero-order valence-corrected chi connectivity index (χ0v) is 24.5. The van der Waals surface area contributed by atoms with E-state index < -0.39 is 21.8 Å². The summed E-state index contributed by atoms with van der Waals surface area (Å²) in [4.78, 5) is 28.7. The molecule has 5 rings (SSSR count). The second-order valence-corrected chi connectivity index (χ2v) is 13.2. The van der Waals surface area contributed by atoms with E-state index in [1.807, 2.05) is 18.2 Å². The topological polar surface area (TPSA) is 120 Å². The van der Waals surface area contributed by atoms with Gasteiger partial charge in [0.25, 0.3) is 5.91 Å². The van der Waals surface area contributed by atoms with Crippen LogP contribution in [0.3, 0.4) is 0 Å². The highest BCUT2D eigenvalue weighted by atomic mass is 32.2. The zero-order chi connectivity index (χ0) is 29.0. The van der Waals surface area contributed by atoms with Crippen molar-refractivity contribution < 1.29 is 22.7 Å². The molecule has 3 heterocycles. The van der Waals surface area contributed by atoms with Gasteiger partial charge in [-0.05, 0) is 61.6 Å². The van der Waals surface area contributed by atoms with Crippen molar-refractivity contribution in [1.82, 2.24) is 9.21 Å². The summed E-state index contributed by atoms with van der Waals surface area (Å²) in [6.45, 7) is 4.73. The van der Waals surface area contributed by atoms with Gasteiger partial charge in [0.15, 0.2) is 0 Å². The maximum atomic E-state index is 13.3. The Morgan fingerprint density at radius 3 is 2.59 bits per heavy atom. The highest BCUT2D eigenvalue weighted by molar-refractivity contribution is 7.89. The maximum absolute atomic E-state index is 13.3. The largest absolute Gasteiger partial charge is 0.466 e. The summed E-state index contributed by atoms with van der Waals surface area (Å²) in [5.41, 5.74) is 3.00. The first-order valence-corrected chi connectivity index (χ1v) is 15.9. The van der Waals surface area contributed by atoms with Crippen LogP contribution in [0, 0.1) is 17.2 Å². The monoisotopic (exact) mass is 592 g/mol. The van der Waals surface area contributed by atoms with Crippen LogP contribution in [0.1, 0.15) is 51.7 Å². The van der Waals surface area contributed by atoms with Gasteiger partial charge in [-0.1, -0.05) is 30.3 Å². The number of fused-ring (bicyclic) bond motifs is 1. The smallest absolute Gasteiger partial charge is 0.310 e. The predicted octanol–water partition coefficient (Wildman–Crippen LogP) is 4.39. The lowest BCUT2D eigenvalue weighted by atomic mass is 10.0. The van der Waals surface area contributed by atoms with Gasteiger partial charge in [-0.2, -0.15) is 9.57 Å². The second kappa shape index (κ2) is 12.5. The molecule has 0 radical (unpaired) electrons. The number of carbonyl (C=O) groups is 2. The molecule has 41 heavy (non-hydrogen) atoms. The molecule has 0 aliphatic carbocycles. The molecular weight excluding hydrogens is 560 g/mol. The van der Waals surface area contributed by atoms with Crippen LogP contribution in [-0.2, 0) is 39.1 Å². The van der Waals surface area contributed by atoms with Gasteiger partial charge in [0.05, 0.1) is 23.0 Å². The molecule has 1 N–H and O–H groups in total. The molecule has 3 aromatic rings. The van der Waals surface area contributed by atoms with E-state index in [2.05, 4.69) is 28.4 Å². The average Bonchev–Trinajstić information content (AvgIpc) is 3.33. The summed E-state index contributed by atoms with van der Waals surface area (Å²) in [5, 5.41) is 13.3. The lowest BCUT2D eigenvalue weighted by Gasteiger charge is -2.30. The predicted molar refractivity (Wildman–Crippen MR) is 156 cm³/mol. The van der Waals surface area contributed by atoms with Crippen molar-refractivity contribution in [3.05, 3.63) is 81.7 Å². The van der Waals surface area contributed by atoms with Crippen LogP contribution in [-0.4, -0.2) is 55.7 Å². The molecule has 2 aliphatic rings. The molecule has 1 unspecified atom stereocenters. The van der Waals surface area contributed by atoms with Crippen molar-refractivity contribution >= 4 is 38.2 Å². The van der Waals surface area contributed by atoms with Gasteiger partial charge in [-0.3, -0.25) is 14.5 Å². The van der Waals surface area contributed by atoms with Crippen LogP contribution < -0.4 is 5.32 Å². The first-order valence-electron chi connectivity index (χ1n) is 13.7. The van der Waals surface area contributed by atoms with E-state index in [-0.39, 0.29) is 29.6 Å². The van der Waals surface area contributed by atoms with Gasteiger partial charge in [-0.15, -0.1) is 11.3 Å². The lowest BCUT2D eigenvalue weighted by Crippen LogP contribution is -2.42. The molecular formula is C30H32N4O5S2. The minimum Gasteiger partial charge on any atom is -0.466 e. The third-order valence-electron chi connectivity index (χ3n) is 7.48. The quantitative estimate of drug-likeness (QED) is 0.385. The van der Waals surface area contributed by atoms with Gasteiger partial charge in [0.2, 0.25) is 10.0 Å². The van der Waals surface area contributed by atoms with Crippen molar-refractivity contribution in [3.8, 4) is 6.07 Å². The van der Waals surface area contributed by atoms with E-state index in [1.165, 1.54) is 45.5 Å². The number of piperidine rings is 1. The normalized spacial score (nSPS) is 17.8. The molecule has 0 saturated carbocycles. The Bertz CT molecular complexity index is 1560. The number of anilines is 1. The molecule has 1 saturated heterocycles. The van der Waals surface area contributed by atoms with Gasteiger partial charge >= 0.3 is 5.97 Å². The SMILES string of the molecule is CCOC(=O)C1CCCN(S(=O)(=O)c2ccc(C(=O)Nc3sc4c(c3C#N)CCN(Cc3ccccc3)C4)cc2)C1. The van der Waals surface area contributed by atoms with Crippen LogP contribution in [0.25, 0.3) is 0 Å². The minimum absolute atomic E-state index is 0.0568. The number of sulfonamides is 1. The average molecular weight is 593 g/mol. The Morgan fingerprint density at radius 2 is 1.88 bits per heavy atom. The zero-order valence-electron chi connectivity index (χ0n) is 22.8. The molecule has 1 atom stereocenters. The van der Waals surface area contributed by atoms with E-state index in [0.29, 0.717) is 36.5 Å². The fraction of sp³-hybridized carbons (Fsp3) is 0.367. The molecule has 1 amide bonds. The van der Waals surface area contributed by atoms with E-state index >= 15 is 0 Å². The van der Waals surface area contributed by atoms with Crippen molar-refractivity contribution in [1.29, 1.82) is 5.26 Å². The number of hydrogen-bond acceptors (Lipinski definition) is 8. The Labute approximate surface area is 244 Å². The molecule has 1 fully saturated rings. The number of hydrogen-bond donors (Lipinski definition) is 1. The fourth-order valence-corrected chi connectivity index (χ4v) is 8.11. The number of nitriles is 1. The van der Waals surface area contributed by atoms with E-state index in [0.717, 1.165) is 30.0 Å². The maximum Gasteiger partial charge on any atom is 0.310 e. The molecule has 11 heteroatoms. The first-order chi connectivity index (χ1) is 19.8. The highest BCUT2D eigenvalue weighted by Gasteiger charge is 2.34. The van der Waals surface area contributed by atoms with Crippen molar-refractivity contribution in [3.63, 3.8) is 0 Å².